The normalized spacial score (nSPS) is 19.4. The highest BCUT2D eigenvalue weighted by molar-refractivity contribution is 6.09. The van der Waals surface area contributed by atoms with Gasteiger partial charge < -0.3 is 10.6 Å². The van der Waals surface area contributed by atoms with E-state index >= 15 is 0 Å². The molecule has 0 saturated carbocycles. The molecular weight excluding hydrogens is 339 g/mol. The second-order valence-corrected chi connectivity index (χ2v) is 6.05. The van der Waals surface area contributed by atoms with Gasteiger partial charge >= 0.3 is 6.03 Å². The highest BCUT2D eigenvalue weighted by Gasteiger charge is 2.49. The Morgan fingerprint density at radius 2 is 1.96 bits per heavy atom. The van der Waals surface area contributed by atoms with Crippen molar-refractivity contribution in [3.8, 4) is 0 Å². The molecule has 2 N–H and O–H groups in total. The number of aromatic nitrogens is 1. The number of urea groups is 1. The molecule has 1 saturated heterocycles. The first-order chi connectivity index (χ1) is 12.4. The minimum absolute atomic E-state index is 0.193. The van der Waals surface area contributed by atoms with Crippen LogP contribution in [0.4, 0.5) is 9.18 Å². The van der Waals surface area contributed by atoms with Crippen molar-refractivity contribution in [1.82, 2.24) is 20.5 Å². The molecule has 1 atom stereocenters. The Morgan fingerprint density at radius 3 is 2.62 bits per heavy atom. The molecule has 1 aliphatic heterocycles. The van der Waals surface area contributed by atoms with E-state index in [1.807, 2.05) is 0 Å². The molecule has 1 aliphatic rings. The van der Waals surface area contributed by atoms with Crippen LogP contribution in [-0.4, -0.2) is 34.3 Å². The lowest BCUT2D eigenvalue weighted by Crippen LogP contribution is -2.43. The number of rotatable bonds is 5. The number of imide groups is 1. The van der Waals surface area contributed by atoms with Gasteiger partial charge in [-0.2, -0.15) is 0 Å². The van der Waals surface area contributed by atoms with E-state index in [1.54, 1.807) is 24.4 Å². The van der Waals surface area contributed by atoms with Crippen LogP contribution in [0.3, 0.4) is 0 Å². The van der Waals surface area contributed by atoms with Gasteiger partial charge in [0.05, 0.1) is 12.2 Å². The topological polar surface area (TPSA) is 91.4 Å². The van der Waals surface area contributed by atoms with E-state index in [0.29, 0.717) is 11.3 Å². The van der Waals surface area contributed by atoms with Gasteiger partial charge in [0.1, 0.15) is 17.9 Å². The maximum absolute atomic E-state index is 13.1. The number of carbonyl (C=O) groups is 3. The maximum atomic E-state index is 13.1. The number of pyridine rings is 1. The largest absolute Gasteiger partial charge is 0.349 e. The van der Waals surface area contributed by atoms with Gasteiger partial charge in [-0.3, -0.25) is 19.5 Å². The number of hydrogen-bond donors (Lipinski definition) is 2. The van der Waals surface area contributed by atoms with Crippen molar-refractivity contribution in [1.29, 1.82) is 0 Å². The molecule has 26 heavy (non-hydrogen) atoms. The zero-order valence-electron chi connectivity index (χ0n) is 14.0. The van der Waals surface area contributed by atoms with Gasteiger partial charge in [0.15, 0.2) is 0 Å². The van der Waals surface area contributed by atoms with Gasteiger partial charge in [0, 0.05) is 6.20 Å². The van der Waals surface area contributed by atoms with Crippen molar-refractivity contribution in [2.75, 3.05) is 6.54 Å². The summed E-state index contributed by atoms with van der Waals surface area (Å²) < 4.78 is 13.1. The SMILES string of the molecule is CC1(c2ccc(F)cc2)NC(=O)N(CC(=O)NCc2ccccn2)C1=O. The summed E-state index contributed by atoms with van der Waals surface area (Å²) in [5.74, 6) is -1.50. The summed E-state index contributed by atoms with van der Waals surface area (Å²) in [5, 5.41) is 5.18. The third-order valence-corrected chi connectivity index (χ3v) is 4.19. The Balaban J connectivity index is 1.67. The second-order valence-electron chi connectivity index (χ2n) is 6.05. The van der Waals surface area contributed by atoms with Crippen LogP contribution in [0.5, 0.6) is 0 Å². The molecule has 0 spiro atoms. The predicted octanol–water partition coefficient (Wildman–Crippen LogP) is 1.30. The van der Waals surface area contributed by atoms with E-state index in [4.69, 9.17) is 0 Å². The second kappa shape index (κ2) is 6.91. The van der Waals surface area contributed by atoms with Crippen molar-refractivity contribution in [2.24, 2.45) is 0 Å². The Hall–Kier alpha value is -3.29. The van der Waals surface area contributed by atoms with E-state index in [0.717, 1.165) is 4.90 Å². The van der Waals surface area contributed by atoms with Crippen LogP contribution in [0.25, 0.3) is 0 Å². The molecule has 2 heterocycles. The third-order valence-electron chi connectivity index (χ3n) is 4.19. The Morgan fingerprint density at radius 1 is 1.23 bits per heavy atom. The monoisotopic (exact) mass is 356 g/mol. The van der Waals surface area contributed by atoms with Crippen LogP contribution < -0.4 is 10.6 Å². The van der Waals surface area contributed by atoms with Crippen LogP contribution in [0.2, 0.25) is 0 Å². The molecule has 4 amide bonds. The van der Waals surface area contributed by atoms with Crippen LogP contribution in [0, 0.1) is 5.82 Å². The quantitative estimate of drug-likeness (QED) is 0.790. The molecule has 0 radical (unpaired) electrons. The maximum Gasteiger partial charge on any atom is 0.325 e. The summed E-state index contributed by atoms with van der Waals surface area (Å²) in [4.78, 5) is 41.9. The molecule has 1 fully saturated rings. The summed E-state index contributed by atoms with van der Waals surface area (Å²) in [6, 6.07) is 9.91. The number of nitrogens with zero attached hydrogens (tertiary/aromatic N) is 2. The molecule has 0 bridgehead atoms. The molecule has 1 aromatic carbocycles. The lowest BCUT2D eigenvalue weighted by atomic mass is 9.92. The molecular formula is C18H17FN4O3. The zero-order valence-corrected chi connectivity index (χ0v) is 14.0. The van der Waals surface area contributed by atoms with Crippen LogP contribution >= 0.6 is 0 Å². The third kappa shape index (κ3) is 3.39. The van der Waals surface area contributed by atoms with E-state index < -0.39 is 35.7 Å². The van der Waals surface area contributed by atoms with Crippen molar-refractivity contribution < 1.29 is 18.8 Å². The average Bonchev–Trinajstić information content (AvgIpc) is 2.85. The summed E-state index contributed by atoms with van der Waals surface area (Å²) in [7, 11) is 0. The fraction of sp³-hybridized carbons (Fsp3) is 0.222. The average molecular weight is 356 g/mol. The number of nitrogens with one attached hydrogen (secondary N) is 2. The molecule has 2 aromatic rings. The lowest BCUT2D eigenvalue weighted by molar-refractivity contribution is -0.134. The van der Waals surface area contributed by atoms with E-state index in [2.05, 4.69) is 15.6 Å². The number of amides is 4. The van der Waals surface area contributed by atoms with Crippen molar-refractivity contribution >= 4 is 17.8 Å². The van der Waals surface area contributed by atoms with Gasteiger partial charge in [-0.05, 0) is 36.8 Å². The molecule has 7 nitrogen and oxygen atoms in total. The van der Waals surface area contributed by atoms with Crippen LogP contribution in [-0.2, 0) is 21.7 Å². The highest BCUT2D eigenvalue weighted by Crippen LogP contribution is 2.28. The first kappa shape index (κ1) is 17.5. The number of hydrogen-bond acceptors (Lipinski definition) is 4. The van der Waals surface area contributed by atoms with E-state index in [1.165, 1.54) is 31.2 Å². The lowest BCUT2D eigenvalue weighted by Gasteiger charge is -2.22. The molecule has 8 heteroatoms. The first-order valence-electron chi connectivity index (χ1n) is 7.97. The summed E-state index contributed by atoms with van der Waals surface area (Å²) in [6.07, 6.45) is 1.60. The first-order valence-corrected chi connectivity index (χ1v) is 7.97. The van der Waals surface area contributed by atoms with Crippen molar-refractivity contribution in [3.63, 3.8) is 0 Å². The van der Waals surface area contributed by atoms with Gasteiger partial charge in [-0.1, -0.05) is 18.2 Å². The minimum atomic E-state index is -1.34. The molecule has 134 valence electrons. The van der Waals surface area contributed by atoms with Gasteiger partial charge in [-0.15, -0.1) is 0 Å². The van der Waals surface area contributed by atoms with E-state index in [9.17, 15) is 18.8 Å². The number of carbonyl (C=O) groups excluding carboxylic acids is 3. The summed E-state index contributed by atoms with van der Waals surface area (Å²) in [5.41, 5.74) is -0.241. The molecule has 3 rings (SSSR count). The van der Waals surface area contributed by atoms with Gasteiger partial charge in [0.2, 0.25) is 5.91 Å². The number of halogens is 1. The molecule has 0 aliphatic carbocycles. The standard InChI is InChI=1S/C18H17FN4O3/c1-18(12-5-7-13(19)8-6-12)16(25)23(17(26)22-18)11-15(24)21-10-14-4-2-3-9-20-14/h2-9H,10-11H2,1H3,(H,21,24)(H,22,26). The Kier molecular flexibility index (Phi) is 4.66. The highest BCUT2D eigenvalue weighted by atomic mass is 19.1. The van der Waals surface area contributed by atoms with Gasteiger partial charge in [-0.25, -0.2) is 9.18 Å². The minimum Gasteiger partial charge on any atom is -0.349 e. The zero-order chi connectivity index (χ0) is 18.7. The fourth-order valence-electron chi connectivity index (χ4n) is 2.71. The Bertz CT molecular complexity index is 841. The Labute approximate surface area is 149 Å². The van der Waals surface area contributed by atoms with Crippen LogP contribution in [0.1, 0.15) is 18.2 Å². The van der Waals surface area contributed by atoms with Crippen molar-refractivity contribution in [2.45, 2.75) is 19.0 Å². The molecule has 1 unspecified atom stereocenters. The summed E-state index contributed by atoms with van der Waals surface area (Å²) in [6.45, 7) is 1.30. The molecule has 1 aromatic heterocycles. The number of benzene rings is 1. The van der Waals surface area contributed by atoms with Crippen LogP contribution in [0.15, 0.2) is 48.7 Å². The predicted molar refractivity (Wildman–Crippen MR) is 90.1 cm³/mol. The van der Waals surface area contributed by atoms with Crippen molar-refractivity contribution in [3.05, 3.63) is 65.7 Å². The van der Waals surface area contributed by atoms with E-state index in [-0.39, 0.29) is 6.54 Å². The fourth-order valence-corrected chi connectivity index (χ4v) is 2.71. The van der Waals surface area contributed by atoms with Gasteiger partial charge in [0.25, 0.3) is 5.91 Å². The summed E-state index contributed by atoms with van der Waals surface area (Å²) >= 11 is 0. The smallest absolute Gasteiger partial charge is 0.325 e.